The van der Waals surface area contributed by atoms with Crippen molar-refractivity contribution in [2.24, 2.45) is 5.41 Å². The molecule has 6 heteroatoms. The average Bonchev–Trinajstić information content (AvgIpc) is 2.13. The molecular formula is C13H25NO4P-. The number of hydroxylamine groups is 2. The normalized spacial score (nSPS) is 14.4. The van der Waals surface area contributed by atoms with Crippen molar-refractivity contribution in [3.63, 3.8) is 0 Å². The maximum Gasteiger partial charge on any atom is 0.463 e. The van der Waals surface area contributed by atoms with Crippen LogP contribution >= 0.6 is 7.60 Å². The second kappa shape index (κ2) is 5.88. The molecule has 0 aliphatic carbocycles. The molecule has 1 unspecified atom stereocenters. The molecule has 0 spiro atoms. The molecule has 112 valence electrons. The fourth-order valence-electron chi connectivity index (χ4n) is 1.59. The van der Waals surface area contributed by atoms with Crippen molar-refractivity contribution >= 4 is 7.60 Å². The van der Waals surface area contributed by atoms with E-state index in [-0.39, 0.29) is 2.85 Å². The van der Waals surface area contributed by atoms with Gasteiger partial charge in [0.25, 0.3) is 0 Å². The van der Waals surface area contributed by atoms with E-state index in [1.165, 1.54) is 0 Å². The van der Waals surface area contributed by atoms with Gasteiger partial charge in [-0.15, -0.1) is 0 Å². The van der Waals surface area contributed by atoms with Crippen LogP contribution in [0.25, 0.3) is 0 Å². The number of nitrogens with zero attached hydrogens (tertiary/aromatic N) is 1. The predicted octanol–water partition coefficient (Wildman–Crippen LogP) is 3.86. The van der Waals surface area contributed by atoms with E-state index in [1.54, 1.807) is 53.8 Å². The van der Waals surface area contributed by atoms with E-state index >= 15 is 0 Å². The molecule has 0 aromatic carbocycles. The van der Waals surface area contributed by atoms with Crippen molar-refractivity contribution in [3.05, 3.63) is 5.21 Å². The highest BCUT2D eigenvalue weighted by Gasteiger charge is 2.49. The summed E-state index contributed by atoms with van der Waals surface area (Å²) < 4.78 is 22.2. The summed E-state index contributed by atoms with van der Waals surface area (Å²) in [7, 11) is -3.96. The second-order valence-corrected chi connectivity index (χ2v) is 8.13. The predicted molar refractivity (Wildman–Crippen MR) is 79.9 cm³/mol. The Kier molecular flexibility index (Phi) is 5.53. The second-order valence-electron chi connectivity index (χ2n) is 6.19. The van der Waals surface area contributed by atoms with Gasteiger partial charge in [0.15, 0.2) is 0 Å². The molecule has 0 bridgehead atoms. The lowest BCUT2D eigenvalue weighted by Crippen LogP contribution is -2.49. The van der Waals surface area contributed by atoms with Gasteiger partial charge in [0, 0.05) is 8.39 Å². The molecule has 0 heterocycles. The highest BCUT2D eigenvalue weighted by atomic mass is 31.2. The molecule has 0 aromatic heterocycles. The molecule has 0 fully saturated rings. The largest absolute Gasteiger partial charge is 0.784 e. The number of hydrogen-bond donors (Lipinski definition) is 0. The summed E-state index contributed by atoms with van der Waals surface area (Å²) in [6.45, 7) is 10.3. The van der Waals surface area contributed by atoms with E-state index in [0.717, 1.165) is 0 Å². The first-order chi connectivity index (χ1) is 8.40. The van der Waals surface area contributed by atoms with E-state index in [1.807, 2.05) is 0 Å². The van der Waals surface area contributed by atoms with Crippen molar-refractivity contribution in [2.45, 2.75) is 52.9 Å². The van der Waals surface area contributed by atoms with Crippen LogP contribution in [0.1, 0.15) is 44.4 Å². The highest BCUT2D eigenvalue weighted by molar-refractivity contribution is 7.54. The molecule has 0 amide bonds. The van der Waals surface area contributed by atoms with E-state index in [9.17, 15) is 9.77 Å². The van der Waals surface area contributed by atoms with E-state index < -0.39 is 24.3 Å². The average molecular weight is 290 g/mol. The van der Waals surface area contributed by atoms with Crippen molar-refractivity contribution in [2.75, 3.05) is 0 Å². The van der Waals surface area contributed by atoms with Crippen LogP contribution < -0.4 is 0 Å². The maximum atomic E-state index is 12.7. The van der Waals surface area contributed by atoms with E-state index in [0.29, 0.717) is 5.06 Å². The van der Waals surface area contributed by atoms with E-state index in [4.69, 9.17) is 21.9 Å². The van der Waals surface area contributed by atoms with Gasteiger partial charge in [-0.25, -0.2) is 4.57 Å². The van der Waals surface area contributed by atoms with Crippen molar-refractivity contribution < 1.29 is 16.5 Å². The Morgan fingerprint density at radius 3 is 1.74 bits per heavy atom. The molecule has 1 atom stereocenters. The minimum Gasteiger partial charge on any atom is -0.784 e. The Labute approximate surface area is 118 Å². The van der Waals surface area contributed by atoms with Crippen LogP contribution in [0.15, 0.2) is 0 Å². The molecule has 0 aliphatic heterocycles. The third-order valence-corrected chi connectivity index (χ3v) is 4.62. The monoisotopic (exact) mass is 290 g/mol. The molecule has 0 aliphatic rings. The van der Waals surface area contributed by atoms with Gasteiger partial charge in [0.2, 0.25) is 0 Å². The molecule has 0 saturated carbocycles. The Morgan fingerprint density at radius 1 is 1.16 bits per heavy atom. The fraction of sp³-hybridized carbons (Fsp3) is 0.692. The fourth-order valence-corrected chi connectivity index (χ4v) is 3.67. The van der Waals surface area contributed by atoms with Crippen molar-refractivity contribution in [1.29, 1.82) is 0 Å². The van der Waals surface area contributed by atoms with Crippen LogP contribution in [0.3, 0.4) is 0 Å². The van der Waals surface area contributed by atoms with Crippen LogP contribution in [0, 0.1) is 35.7 Å². The zero-order valence-electron chi connectivity index (χ0n) is 12.3. The third-order valence-electron chi connectivity index (χ3n) is 2.32. The topological polar surface area (TPSA) is 61.8 Å². The zero-order valence-corrected chi connectivity index (χ0v) is 13.2. The lowest BCUT2D eigenvalue weighted by molar-refractivity contribution is 0.0990. The summed E-state index contributed by atoms with van der Waals surface area (Å²) in [6, 6.07) is 0. The van der Waals surface area contributed by atoms with E-state index in [2.05, 4.69) is 0 Å². The van der Waals surface area contributed by atoms with Crippen LogP contribution in [-0.4, -0.2) is 16.4 Å². The summed E-state index contributed by atoms with van der Waals surface area (Å²) in [5, 5.41) is 13.1. The lowest BCUT2D eigenvalue weighted by Gasteiger charge is -2.51. The molecule has 19 heavy (non-hydrogen) atoms. The Hall–Kier alpha value is -1.13. The summed E-state index contributed by atoms with van der Waals surface area (Å²) in [5.74, 6) is -1.12. The molecule has 5 nitrogen and oxygen atoms in total. The first-order valence-corrected chi connectivity index (χ1v) is 7.36. The summed E-state index contributed by atoms with van der Waals surface area (Å²) in [6.07, 6.45) is 13.6. The third kappa shape index (κ3) is 4.48. The van der Waals surface area contributed by atoms with Crippen LogP contribution in [0.2, 0.25) is 0 Å². The summed E-state index contributed by atoms with van der Waals surface area (Å²) in [5.41, 5.74) is -1.51. The van der Waals surface area contributed by atoms with Gasteiger partial charge in [-0.05, 0) is 26.2 Å². The van der Waals surface area contributed by atoms with Crippen LogP contribution in [0.5, 0.6) is 0 Å². The lowest BCUT2D eigenvalue weighted by atomic mass is 9.94. The SMILES string of the molecule is C#COP(=O)(OC#C)C(N([O-])C(C)(C)C)C(C)(C)C.[HH].[HH]. The molecule has 0 radical (unpaired) electrons. The van der Waals surface area contributed by atoms with Crippen molar-refractivity contribution in [3.8, 4) is 25.1 Å². The zero-order chi connectivity index (χ0) is 15.5. The molecule has 0 aromatic rings. The van der Waals surface area contributed by atoms with Crippen LogP contribution in [0.4, 0.5) is 0 Å². The maximum absolute atomic E-state index is 12.7. The van der Waals surface area contributed by atoms with Gasteiger partial charge in [-0.3, -0.25) is 0 Å². The number of terminal acetylenes is 2. The Morgan fingerprint density at radius 2 is 1.53 bits per heavy atom. The summed E-state index contributed by atoms with van der Waals surface area (Å²) >= 11 is 0. The standard InChI is InChI=1S/C13H21NO4P.2H2/c1-9-17-19(16,18-10-2)11(12(3,4)5)14(15)13(6,7)8;;/h1-2,11H,3-8H3;2*1H/q-1;;. The highest BCUT2D eigenvalue weighted by Crippen LogP contribution is 2.60. The quantitative estimate of drug-likeness (QED) is 0.447. The number of hydrogen-bond acceptors (Lipinski definition) is 5. The van der Waals surface area contributed by atoms with Gasteiger partial charge in [-0.2, -0.15) is 0 Å². The first-order valence-electron chi connectivity index (χ1n) is 5.74. The smallest absolute Gasteiger partial charge is 0.463 e. The molecule has 0 saturated heterocycles. The van der Waals surface area contributed by atoms with Gasteiger partial charge in [-0.1, -0.05) is 33.6 Å². The number of rotatable bonds is 4. The molecule has 0 rings (SSSR count). The Balaban J connectivity index is -0.00000162. The van der Waals surface area contributed by atoms with Gasteiger partial charge in [0.05, 0.1) is 0 Å². The van der Waals surface area contributed by atoms with Gasteiger partial charge >= 0.3 is 7.60 Å². The Bertz CT molecular complexity index is 423. The minimum atomic E-state index is -3.96. The minimum absolute atomic E-state index is 0. The summed E-state index contributed by atoms with van der Waals surface area (Å²) in [4.78, 5) is 0. The molecular weight excluding hydrogens is 265 g/mol. The van der Waals surface area contributed by atoms with Gasteiger partial charge < -0.3 is 19.3 Å². The van der Waals surface area contributed by atoms with Crippen molar-refractivity contribution in [1.82, 2.24) is 5.06 Å². The first kappa shape index (κ1) is 17.9. The van der Waals surface area contributed by atoms with Crippen LogP contribution in [-0.2, 0) is 13.6 Å². The van der Waals surface area contributed by atoms with Gasteiger partial charge in [0.1, 0.15) is 18.0 Å². The molecule has 0 N–H and O–H groups in total.